The maximum atomic E-state index is 4.43. The third kappa shape index (κ3) is 3.81. The molecule has 0 atom stereocenters. The molecule has 0 saturated heterocycles. The topological polar surface area (TPSA) is 28.2 Å². The van der Waals surface area contributed by atoms with Crippen LogP contribution in [0.5, 0.6) is 0 Å². The molecule has 0 fully saturated rings. The van der Waals surface area contributed by atoms with Gasteiger partial charge in [0.05, 0.1) is 0 Å². The van der Waals surface area contributed by atoms with Crippen molar-refractivity contribution in [1.82, 2.24) is 10.3 Å². The summed E-state index contributed by atoms with van der Waals surface area (Å²) >= 11 is 0. The number of aromatic nitrogens is 1. The highest BCUT2D eigenvalue weighted by atomic mass is 15.2. The lowest BCUT2D eigenvalue weighted by molar-refractivity contribution is 0.551. The van der Waals surface area contributed by atoms with Gasteiger partial charge in [0.15, 0.2) is 0 Å². The van der Waals surface area contributed by atoms with Gasteiger partial charge in [-0.25, -0.2) is 4.98 Å². The predicted octanol–water partition coefficient (Wildman–Crippen LogP) is 2.28. The van der Waals surface area contributed by atoms with Crippen LogP contribution in [0.3, 0.4) is 0 Å². The summed E-state index contributed by atoms with van der Waals surface area (Å²) in [6.45, 7) is 9.49. The van der Waals surface area contributed by atoms with Gasteiger partial charge in [0.25, 0.3) is 0 Å². The highest BCUT2D eigenvalue weighted by Crippen LogP contribution is 2.15. The Morgan fingerprint density at radius 3 is 2.81 bits per heavy atom. The SMILES string of the molecule is CCN(C)c1ncccc1CNCC(C)C. The first-order chi connectivity index (χ1) is 7.65. The van der Waals surface area contributed by atoms with Crippen LogP contribution in [0, 0.1) is 5.92 Å². The summed E-state index contributed by atoms with van der Waals surface area (Å²) in [6, 6.07) is 4.14. The van der Waals surface area contributed by atoms with Crippen LogP contribution in [-0.2, 0) is 6.54 Å². The van der Waals surface area contributed by atoms with Crippen molar-refractivity contribution < 1.29 is 0 Å². The molecule has 0 aliphatic rings. The predicted molar refractivity (Wildman–Crippen MR) is 69.7 cm³/mol. The zero-order chi connectivity index (χ0) is 12.0. The fraction of sp³-hybridized carbons (Fsp3) is 0.615. The molecule has 0 aliphatic carbocycles. The Labute approximate surface area is 98.9 Å². The van der Waals surface area contributed by atoms with Gasteiger partial charge in [-0.2, -0.15) is 0 Å². The maximum Gasteiger partial charge on any atom is 0.132 e. The quantitative estimate of drug-likeness (QED) is 0.799. The number of hydrogen-bond acceptors (Lipinski definition) is 3. The van der Waals surface area contributed by atoms with E-state index in [0.29, 0.717) is 5.92 Å². The van der Waals surface area contributed by atoms with Gasteiger partial charge in [0.2, 0.25) is 0 Å². The molecule has 90 valence electrons. The van der Waals surface area contributed by atoms with Crippen LogP contribution in [-0.4, -0.2) is 25.1 Å². The molecule has 0 amide bonds. The van der Waals surface area contributed by atoms with Gasteiger partial charge in [-0.05, 0) is 25.5 Å². The molecule has 3 nitrogen and oxygen atoms in total. The number of rotatable bonds is 6. The van der Waals surface area contributed by atoms with Crippen molar-refractivity contribution in [2.45, 2.75) is 27.3 Å². The summed E-state index contributed by atoms with van der Waals surface area (Å²) in [6.07, 6.45) is 1.85. The van der Waals surface area contributed by atoms with E-state index in [1.165, 1.54) is 5.56 Å². The average Bonchev–Trinajstić information content (AvgIpc) is 2.28. The Balaban J connectivity index is 2.64. The fourth-order valence-corrected chi connectivity index (χ4v) is 1.56. The van der Waals surface area contributed by atoms with E-state index >= 15 is 0 Å². The van der Waals surface area contributed by atoms with Crippen LogP contribution in [0.25, 0.3) is 0 Å². The molecule has 0 spiro atoms. The molecule has 1 aromatic rings. The average molecular weight is 221 g/mol. The third-order valence-corrected chi connectivity index (χ3v) is 2.57. The van der Waals surface area contributed by atoms with Crippen molar-refractivity contribution in [3.05, 3.63) is 23.9 Å². The highest BCUT2D eigenvalue weighted by Gasteiger charge is 2.06. The molecular weight excluding hydrogens is 198 g/mol. The molecular formula is C13H23N3. The Kier molecular flexibility index (Phi) is 5.26. The Hall–Kier alpha value is -1.09. The molecule has 0 aliphatic heterocycles. The molecule has 16 heavy (non-hydrogen) atoms. The first-order valence-corrected chi connectivity index (χ1v) is 6.00. The number of hydrogen-bond donors (Lipinski definition) is 1. The minimum atomic E-state index is 0.684. The largest absolute Gasteiger partial charge is 0.360 e. The molecule has 1 rings (SSSR count). The summed E-state index contributed by atoms with van der Waals surface area (Å²) in [5, 5.41) is 3.45. The maximum absolute atomic E-state index is 4.43. The molecule has 0 radical (unpaired) electrons. The molecule has 0 aromatic carbocycles. The monoisotopic (exact) mass is 221 g/mol. The van der Waals surface area contributed by atoms with Gasteiger partial charge in [-0.3, -0.25) is 0 Å². The van der Waals surface area contributed by atoms with Crippen LogP contribution < -0.4 is 10.2 Å². The lowest BCUT2D eigenvalue weighted by Gasteiger charge is -2.19. The van der Waals surface area contributed by atoms with E-state index in [0.717, 1.165) is 25.5 Å². The van der Waals surface area contributed by atoms with Gasteiger partial charge in [-0.15, -0.1) is 0 Å². The summed E-state index contributed by atoms with van der Waals surface area (Å²) in [4.78, 5) is 6.61. The van der Waals surface area contributed by atoms with Crippen LogP contribution in [0.2, 0.25) is 0 Å². The molecule has 1 N–H and O–H groups in total. The van der Waals surface area contributed by atoms with Crippen molar-refractivity contribution in [1.29, 1.82) is 0 Å². The standard InChI is InChI=1S/C13H23N3/c1-5-16(4)13-12(7-6-8-15-13)10-14-9-11(2)3/h6-8,11,14H,5,9-10H2,1-4H3. The van der Waals surface area contributed by atoms with Gasteiger partial charge in [0, 0.05) is 31.9 Å². The highest BCUT2D eigenvalue weighted by molar-refractivity contribution is 5.45. The molecule has 0 saturated carbocycles. The Bertz CT molecular complexity index is 310. The van der Waals surface area contributed by atoms with E-state index in [4.69, 9.17) is 0 Å². The first kappa shape index (κ1) is 13.0. The fourth-order valence-electron chi connectivity index (χ4n) is 1.56. The second-order valence-electron chi connectivity index (χ2n) is 4.53. The van der Waals surface area contributed by atoms with E-state index in [2.05, 4.69) is 49.1 Å². The van der Waals surface area contributed by atoms with E-state index in [1.807, 2.05) is 12.3 Å². The van der Waals surface area contributed by atoms with E-state index in [-0.39, 0.29) is 0 Å². The zero-order valence-corrected chi connectivity index (χ0v) is 10.8. The van der Waals surface area contributed by atoms with Crippen molar-refractivity contribution in [3.63, 3.8) is 0 Å². The molecule has 0 unspecified atom stereocenters. The van der Waals surface area contributed by atoms with E-state index in [9.17, 15) is 0 Å². The Morgan fingerprint density at radius 1 is 1.44 bits per heavy atom. The van der Waals surface area contributed by atoms with Crippen LogP contribution >= 0.6 is 0 Å². The lowest BCUT2D eigenvalue weighted by atomic mass is 10.2. The van der Waals surface area contributed by atoms with Crippen LogP contribution in [0.4, 0.5) is 5.82 Å². The summed E-state index contributed by atoms with van der Waals surface area (Å²) in [5.74, 6) is 1.77. The molecule has 3 heteroatoms. The van der Waals surface area contributed by atoms with Crippen molar-refractivity contribution in [2.75, 3.05) is 25.0 Å². The minimum Gasteiger partial charge on any atom is -0.360 e. The second-order valence-corrected chi connectivity index (χ2v) is 4.53. The number of nitrogens with one attached hydrogen (secondary N) is 1. The van der Waals surface area contributed by atoms with E-state index in [1.54, 1.807) is 0 Å². The minimum absolute atomic E-state index is 0.684. The van der Waals surface area contributed by atoms with Crippen molar-refractivity contribution in [3.8, 4) is 0 Å². The summed E-state index contributed by atoms with van der Waals surface area (Å²) < 4.78 is 0. The molecule has 1 heterocycles. The Morgan fingerprint density at radius 2 is 2.19 bits per heavy atom. The molecule has 1 aromatic heterocycles. The van der Waals surface area contributed by atoms with Gasteiger partial charge >= 0.3 is 0 Å². The van der Waals surface area contributed by atoms with Gasteiger partial charge in [0.1, 0.15) is 5.82 Å². The number of nitrogens with zero attached hydrogens (tertiary/aromatic N) is 2. The van der Waals surface area contributed by atoms with Crippen LogP contribution in [0.15, 0.2) is 18.3 Å². The summed E-state index contributed by atoms with van der Waals surface area (Å²) in [5.41, 5.74) is 1.27. The first-order valence-electron chi connectivity index (χ1n) is 6.00. The smallest absolute Gasteiger partial charge is 0.132 e. The van der Waals surface area contributed by atoms with Crippen molar-refractivity contribution >= 4 is 5.82 Å². The lowest BCUT2D eigenvalue weighted by Crippen LogP contribution is -2.23. The molecule has 0 bridgehead atoms. The van der Waals surface area contributed by atoms with Gasteiger partial charge in [-0.1, -0.05) is 19.9 Å². The van der Waals surface area contributed by atoms with Crippen molar-refractivity contribution in [2.24, 2.45) is 5.92 Å². The number of pyridine rings is 1. The van der Waals surface area contributed by atoms with Gasteiger partial charge < -0.3 is 10.2 Å². The van der Waals surface area contributed by atoms with E-state index < -0.39 is 0 Å². The normalized spacial score (nSPS) is 10.8. The summed E-state index contributed by atoms with van der Waals surface area (Å²) in [7, 11) is 2.08. The zero-order valence-electron chi connectivity index (χ0n) is 10.8. The van der Waals surface area contributed by atoms with Crippen LogP contribution in [0.1, 0.15) is 26.3 Å². The third-order valence-electron chi connectivity index (χ3n) is 2.57. The number of anilines is 1. The second kappa shape index (κ2) is 6.48.